The maximum absolute atomic E-state index is 14.4. The summed E-state index contributed by atoms with van der Waals surface area (Å²) in [6, 6.07) is 0.934. The van der Waals surface area contributed by atoms with Crippen molar-refractivity contribution in [2.24, 2.45) is 11.0 Å². The Morgan fingerprint density at radius 3 is 2.50 bits per heavy atom. The number of carbonyl (C=O) groups excluding carboxylic acids is 1. The molecule has 2 aromatic rings. The number of hydrogen-bond donors (Lipinski definition) is 1. The van der Waals surface area contributed by atoms with Crippen molar-refractivity contribution in [1.82, 2.24) is 20.0 Å². The van der Waals surface area contributed by atoms with Gasteiger partial charge in [0, 0.05) is 37.8 Å². The Hall–Kier alpha value is -3.50. The molecule has 11 heteroatoms. The van der Waals surface area contributed by atoms with Crippen LogP contribution in [0.15, 0.2) is 29.9 Å². The number of aromatic nitrogens is 3. The number of carbonyl (C=O) groups is 2. The molecule has 0 saturated carbocycles. The summed E-state index contributed by atoms with van der Waals surface area (Å²) in [6.07, 6.45) is 6.56. The maximum Gasteiger partial charge on any atom is 0.357 e. The molecule has 32 heavy (non-hydrogen) atoms. The number of piperidine rings is 1. The van der Waals surface area contributed by atoms with Gasteiger partial charge in [-0.15, -0.1) is 0 Å². The van der Waals surface area contributed by atoms with Gasteiger partial charge >= 0.3 is 5.97 Å². The van der Waals surface area contributed by atoms with Gasteiger partial charge < -0.3 is 10.0 Å². The highest BCUT2D eigenvalue weighted by Gasteiger charge is 2.36. The number of pyridine rings is 1. The number of hydrazone groups is 1. The minimum Gasteiger partial charge on any atom is -0.476 e. The monoisotopic (exact) mass is 446 g/mol. The van der Waals surface area contributed by atoms with E-state index in [1.807, 2.05) is 13.8 Å². The summed E-state index contributed by atoms with van der Waals surface area (Å²) >= 11 is 0. The van der Waals surface area contributed by atoms with E-state index in [0.29, 0.717) is 37.9 Å². The highest BCUT2D eigenvalue weighted by Crippen LogP contribution is 2.32. The number of rotatable bonds is 4. The normalized spacial score (nSPS) is 18.3. The topological polar surface area (TPSA) is 112 Å². The minimum atomic E-state index is -1.47. The summed E-state index contributed by atoms with van der Waals surface area (Å²) < 4.78 is 27.9. The third-order valence-electron chi connectivity index (χ3n) is 5.28. The fourth-order valence-electron chi connectivity index (χ4n) is 3.77. The molecule has 1 fully saturated rings. The van der Waals surface area contributed by atoms with Crippen molar-refractivity contribution in [3.63, 3.8) is 0 Å². The summed E-state index contributed by atoms with van der Waals surface area (Å²) in [6.45, 7) is 4.65. The van der Waals surface area contributed by atoms with E-state index in [-0.39, 0.29) is 17.6 Å². The van der Waals surface area contributed by atoms with E-state index in [2.05, 4.69) is 20.1 Å². The van der Waals surface area contributed by atoms with Crippen LogP contribution in [0.3, 0.4) is 0 Å². The molecule has 4 heterocycles. The highest BCUT2D eigenvalue weighted by molar-refractivity contribution is 5.86. The summed E-state index contributed by atoms with van der Waals surface area (Å²) in [5, 5.41) is 14.6. The van der Waals surface area contributed by atoms with Crippen molar-refractivity contribution in [3.05, 3.63) is 47.7 Å². The van der Waals surface area contributed by atoms with Gasteiger partial charge in [-0.05, 0) is 24.5 Å². The summed E-state index contributed by atoms with van der Waals surface area (Å²) in [7, 11) is 0. The van der Waals surface area contributed by atoms with Crippen molar-refractivity contribution < 1.29 is 23.5 Å². The van der Waals surface area contributed by atoms with E-state index in [1.165, 1.54) is 17.3 Å². The van der Waals surface area contributed by atoms with Crippen LogP contribution in [0, 0.1) is 17.6 Å². The third kappa shape index (κ3) is 4.71. The third-order valence-corrected chi connectivity index (χ3v) is 5.28. The van der Waals surface area contributed by atoms with Crippen LogP contribution in [0.2, 0.25) is 0 Å². The van der Waals surface area contributed by atoms with Gasteiger partial charge in [-0.1, -0.05) is 13.8 Å². The van der Waals surface area contributed by atoms with Gasteiger partial charge in [-0.2, -0.15) is 5.10 Å². The Morgan fingerprint density at radius 2 is 1.84 bits per heavy atom. The Kier molecular flexibility index (Phi) is 7.39. The van der Waals surface area contributed by atoms with Gasteiger partial charge in [0.15, 0.2) is 17.3 Å². The number of anilines is 1. The predicted molar refractivity (Wildman–Crippen MR) is 112 cm³/mol. The summed E-state index contributed by atoms with van der Waals surface area (Å²) in [5.41, 5.74) is -0.112. The molecular formula is C21H24F2N6O3. The van der Waals surface area contributed by atoms with Crippen LogP contribution in [0.4, 0.5) is 14.6 Å². The van der Waals surface area contributed by atoms with Gasteiger partial charge in [0.05, 0.1) is 12.2 Å². The Bertz CT molecular complexity index is 1010. The first-order valence-electron chi connectivity index (χ1n) is 10.4. The fraction of sp³-hybridized carbons (Fsp3) is 0.429. The molecule has 1 atom stereocenters. The standard InChI is InChI=1S/C19H18F2N6O3.C2H6/c20-13-7-12(8-22-9-13)14-1-4-25-27(14)18(28)11-2-5-26(6-3-11)17-15(21)16(19(29)30)23-10-24-17;1-2/h4,7-11,14H,1-3,5-6H2,(H,29,30);1-2H3. The molecule has 1 amide bonds. The SMILES string of the molecule is CC.O=C(O)c1ncnc(N2CCC(C(=O)N3N=CCC3c3cncc(F)c3)CC2)c1F. The zero-order valence-electron chi connectivity index (χ0n) is 17.8. The maximum atomic E-state index is 14.4. The lowest BCUT2D eigenvalue weighted by atomic mass is 9.94. The van der Waals surface area contributed by atoms with E-state index in [9.17, 15) is 18.4 Å². The number of aromatic carboxylic acids is 1. The van der Waals surface area contributed by atoms with Crippen LogP contribution < -0.4 is 4.90 Å². The van der Waals surface area contributed by atoms with Crippen LogP contribution >= 0.6 is 0 Å². The van der Waals surface area contributed by atoms with Gasteiger partial charge in [0.1, 0.15) is 12.1 Å². The Balaban J connectivity index is 0.00000141. The predicted octanol–water partition coefficient (Wildman–Crippen LogP) is 3.05. The summed E-state index contributed by atoms with van der Waals surface area (Å²) in [5.74, 6) is -3.55. The zero-order valence-corrected chi connectivity index (χ0v) is 17.8. The van der Waals surface area contributed by atoms with Crippen molar-refractivity contribution in [3.8, 4) is 0 Å². The molecule has 1 saturated heterocycles. The van der Waals surface area contributed by atoms with Crippen LogP contribution in [-0.4, -0.2) is 56.2 Å². The number of halogens is 2. The zero-order chi connectivity index (χ0) is 23.3. The van der Waals surface area contributed by atoms with E-state index in [1.54, 1.807) is 11.1 Å². The molecule has 2 aliphatic heterocycles. The first-order chi connectivity index (χ1) is 15.5. The van der Waals surface area contributed by atoms with E-state index in [4.69, 9.17) is 5.11 Å². The molecule has 170 valence electrons. The number of carboxylic acids is 1. The van der Waals surface area contributed by atoms with Crippen LogP contribution in [0.5, 0.6) is 0 Å². The number of carboxylic acid groups (broad SMARTS) is 1. The molecule has 2 aliphatic rings. The molecular weight excluding hydrogens is 422 g/mol. The molecule has 0 bridgehead atoms. The van der Waals surface area contributed by atoms with Crippen molar-refractivity contribution >= 4 is 23.9 Å². The summed E-state index contributed by atoms with van der Waals surface area (Å²) in [4.78, 5) is 36.9. The van der Waals surface area contributed by atoms with Gasteiger partial charge in [0.25, 0.3) is 0 Å². The lowest BCUT2D eigenvalue weighted by Crippen LogP contribution is -2.41. The Morgan fingerprint density at radius 1 is 1.12 bits per heavy atom. The van der Waals surface area contributed by atoms with Crippen molar-refractivity contribution in [1.29, 1.82) is 0 Å². The molecule has 0 radical (unpaired) electrons. The quantitative estimate of drug-likeness (QED) is 0.768. The van der Waals surface area contributed by atoms with Crippen molar-refractivity contribution in [2.75, 3.05) is 18.0 Å². The second-order valence-electron chi connectivity index (χ2n) is 7.10. The number of amides is 1. The van der Waals surface area contributed by atoms with Crippen LogP contribution in [0.25, 0.3) is 0 Å². The van der Waals surface area contributed by atoms with E-state index < -0.39 is 29.3 Å². The fourth-order valence-corrected chi connectivity index (χ4v) is 3.77. The largest absolute Gasteiger partial charge is 0.476 e. The van der Waals surface area contributed by atoms with E-state index >= 15 is 0 Å². The second kappa shape index (κ2) is 10.2. The minimum absolute atomic E-state index is 0.0868. The second-order valence-corrected chi connectivity index (χ2v) is 7.10. The van der Waals surface area contributed by atoms with Gasteiger partial charge in [-0.25, -0.2) is 28.6 Å². The molecule has 1 N–H and O–H groups in total. The molecule has 0 aromatic carbocycles. The lowest BCUT2D eigenvalue weighted by Gasteiger charge is -2.34. The Labute approximate surface area is 183 Å². The smallest absolute Gasteiger partial charge is 0.357 e. The molecule has 0 aliphatic carbocycles. The average Bonchev–Trinajstić information content (AvgIpc) is 3.30. The molecule has 2 aromatic heterocycles. The molecule has 1 unspecified atom stereocenters. The van der Waals surface area contributed by atoms with Gasteiger partial charge in [-0.3, -0.25) is 9.78 Å². The lowest BCUT2D eigenvalue weighted by molar-refractivity contribution is -0.138. The van der Waals surface area contributed by atoms with Crippen LogP contribution in [0.1, 0.15) is 55.2 Å². The number of hydrogen-bond acceptors (Lipinski definition) is 7. The first kappa shape index (κ1) is 23.2. The molecule has 4 rings (SSSR count). The average molecular weight is 446 g/mol. The molecule has 9 nitrogen and oxygen atoms in total. The first-order valence-corrected chi connectivity index (χ1v) is 10.4. The van der Waals surface area contributed by atoms with Gasteiger partial charge in [0.2, 0.25) is 5.91 Å². The number of nitrogens with zero attached hydrogens (tertiary/aromatic N) is 6. The van der Waals surface area contributed by atoms with Crippen LogP contribution in [-0.2, 0) is 4.79 Å². The molecule has 0 spiro atoms. The van der Waals surface area contributed by atoms with E-state index in [0.717, 1.165) is 12.5 Å². The van der Waals surface area contributed by atoms with Crippen molar-refractivity contribution in [2.45, 2.75) is 39.2 Å². The highest BCUT2D eigenvalue weighted by atomic mass is 19.1.